The van der Waals surface area contributed by atoms with E-state index >= 15 is 0 Å². The highest BCUT2D eigenvalue weighted by Crippen LogP contribution is 2.45. The van der Waals surface area contributed by atoms with Gasteiger partial charge in [-0.3, -0.25) is 9.97 Å². The summed E-state index contributed by atoms with van der Waals surface area (Å²) in [5, 5.41) is 0. The summed E-state index contributed by atoms with van der Waals surface area (Å²) in [7, 11) is 0. The van der Waals surface area contributed by atoms with Crippen LogP contribution in [0.25, 0.3) is 0 Å². The molecule has 3 nitrogen and oxygen atoms in total. The van der Waals surface area contributed by atoms with Crippen LogP contribution in [0.3, 0.4) is 0 Å². The van der Waals surface area contributed by atoms with Crippen molar-refractivity contribution in [3.05, 3.63) is 24.3 Å². The third-order valence-corrected chi connectivity index (χ3v) is 4.48. The largest absolute Gasteiger partial charge is 0.330 e. The first-order valence-corrected chi connectivity index (χ1v) is 6.98. The summed E-state index contributed by atoms with van der Waals surface area (Å²) in [5.74, 6) is 1.81. The van der Waals surface area contributed by atoms with E-state index in [1.54, 1.807) is 12.4 Å². The van der Waals surface area contributed by atoms with Crippen LogP contribution < -0.4 is 5.73 Å². The first kappa shape index (κ1) is 13.5. The molecule has 1 aromatic heterocycles. The topological polar surface area (TPSA) is 51.8 Å². The van der Waals surface area contributed by atoms with E-state index in [2.05, 4.69) is 30.7 Å². The van der Waals surface area contributed by atoms with Gasteiger partial charge >= 0.3 is 0 Å². The summed E-state index contributed by atoms with van der Waals surface area (Å²) < 4.78 is 0. The van der Waals surface area contributed by atoms with Crippen LogP contribution in [-0.2, 0) is 0 Å². The Kier molecular flexibility index (Phi) is 4.00. The van der Waals surface area contributed by atoms with Gasteiger partial charge < -0.3 is 5.73 Å². The highest BCUT2D eigenvalue weighted by Gasteiger charge is 2.36. The van der Waals surface area contributed by atoms with Crippen molar-refractivity contribution in [3.63, 3.8) is 0 Å². The molecule has 0 aromatic carbocycles. The molecule has 0 spiro atoms. The normalized spacial score (nSPS) is 29.2. The van der Waals surface area contributed by atoms with E-state index < -0.39 is 0 Å². The van der Waals surface area contributed by atoms with E-state index in [0.717, 1.165) is 18.2 Å². The Balaban J connectivity index is 2.19. The molecule has 0 radical (unpaired) electrons. The lowest BCUT2D eigenvalue weighted by Crippen LogP contribution is -2.34. The third kappa shape index (κ3) is 2.89. The first-order valence-electron chi connectivity index (χ1n) is 6.98. The van der Waals surface area contributed by atoms with Gasteiger partial charge in [-0.05, 0) is 43.1 Å². The maximum Gasteiger partial charge on any atom is 0.0620 e. The van der Waals surface area contributed by atoms with Crippen molar-refractivity contribution in [3.8, 4) is 0 Å². The van der Waals surface area contributed by atoms with Crippen molar-refractivity contribution in [2.45, 2.75) is 46.0 Å². The van der Waals surface area contributed by atoms with Crippen molar-refractivity contribution in [2.75, 3.05) is 6.54 Å². The fraction of sp³-hybridized carbons (Fsp3) is 0.733. The standard InChI is InChI=1S/C15H25N3/c1-15(2,3)12-5-4-11(9-16)13(8-12)14-10-17-6-7-18-14/h6-7,10-13H,4-5,8-9,16H2,1-3H3. The Morgan fingerprint density at radius 3 is 2.61 bits per heavy atom. The molecule has 3 unspecified atom stereocenters. The molecular formula is C15H25N3. The third-order valence-electron chi connectivity index (χ3n) is 4.48. The lowest BCUT2D eigenvalue weighted by molar-refractivity contribution is 0.131. The fourth-order valence-electron chi connectivity index (χ4n) is 3.17. The van der Waals surface area contributed by atoms with Gasteiger partial charge in [0.1, 0.15) is 0 Å². The molecule has 0 bridgehead atoms. The Hall–Kier alpha value is -0.960. The molecule has 1 heterocycles. The van der Waals surface area contributed by atoms with Crippen LogP contribution in [0.5, 0.6) is 0 Å². The molecule has 1 aromatic rings. The van der Waals surface area contributed by atoms with E-state index in [4.69, 9.17) is 5.73 Å². The molecule has 100 valence electrons. The molecular weight excluding hydrogens is 222 g/mol. The van der Waals surface area contributed by atoms with Crippen molar-refractivity contribution in [2.24, 2.45) is 23.0 Å². The molecule has 18 heavy (non-hydrogen) atoms. The summed E-state index contributed by atoms with van der Waals surface area (Å²) in [6.07, 6.45) is 9.17. The zero-order valence-corrected chi connectivity index (χ0v) is 11.8. The minimum absolute atomic E-state index is 0.375. The number of hydrogen-bond acceptors (Lipinski definition) is 3. The Bertz CT molecular complexity index is 369. The van der Waals surface area contributed by atoms with Crippen LogP contribution >= 0.6 is 0 Å². The van der Waals surface area contributed by atoms with Crippen LogP contribution in [0.2, 0.25) is 0 Å². The van der Waals surface area contributed by atoms with E-state index in [9.17, 15) is 0 Å². The molecule has 3 atom stereocenters. The molecule has 1 fully saturated rings. The van der Waals surface area contributed by atoms with Gasteiger partial charge in [-0.2, -0.15) is 0 Å². The smallest absolute Gasteiger partial charge is 0.0620 e. The van der Waals surface area contributed by atoms with Gasteiger partial charge in [0.05, 0.1) is 5.69 Å². The Labute approximate surface area is 110 Å². The van der Waals surface area contributed by atoms with E-state index in [-0.39, 0.29) is 0 Å². The summed E-state index contributed by atoms with van der Waals surface area (Å²) in [6, 6.07) is 0. The monoisotopic (exact) mass is 247 g/mol. The number of rotatable bonds is 2. The molecule has 3 heteroatoms. The summed E-state index contributed by atoms with van der Waals surface area (Å²) in [6.45, 7) is 7.79. The Morgan fingerprint density at radius 1 is 1.28 bits per heavy atom. The SMILES string of the molecule is CC(C)(C)C1CCC(CN)C(c2cnccn2)C1. The molecule has 0 aliphatic heterocycles. The van der Waals surface area contributed by atoms with E-state index in [1.807, 2.05) is 6.20 Å². The Morgan fingerprint density at radius 2 is 2.06 bits per heavy atom. The summed E-state index contributed by atoms with van der Waals surface area (Å²) >= 11 is 0. The van der Waals surface area contributed by atoms with Crippen LogP contribution in [-0.4, -0.2) is 16.5 Å². The predicted molar refractivity (Wildman–Crippen MR) is 74.1 cm³/mol. The maximum absolute atomic E-state index is 5.94. The second-order valence-corrected chi connectivity index (χ2v) is 6.61. The number of nitrogens with two attached hydrogens (primary N) is 1. The number of hydrogen-bond donors (Lipinski definition) is 1. The fourth-order valence-corrected chi connectivity index (χ4v) is 3.17. The molecule has 1 aliphatic carbocycles. The molecule has 2 N–H and O–H groups in total. The number of nitrogens with zero attached hydrogens (tertiary/aromatic N) is 2. The molecule has 0 saturated heterocycles. The second-order valence-electron chi connectivity index (χ2n) is 6.61. The minimum atomic E-state index is 0.375. The number of aromatic nitrogens is 2. The average Bonchev–Trinajstić information content (AvgIpc) is 2.38. The molecule has 0 amide bonds. The van der Waals surface area contributed by atoms with Crippen molar-refractivity contribution in [1.29, 1.82) is 0 Å². The maximum atomic E-state index is 5.94. The molecule has 1 saturated carbocycles. The van der Waals surface area contributed by atoms with Crippen LogP contribution in [0.15, 0.2) is 18.6 Å². The van der Waals surface area contributed by atoms with Gasteiger partial charge in [0.25, 0.3) is 0 Å². The quantitative estimate of drug-likeness (QED) is 0.874. The van der Waals surface area contributed by atoms with Crippen molar-refractivity contribution in [1.82, 2.24) is 9.97 Å². The zero-order chi connectivity index (χ0) is 13.2. The lowest BCUT2D eigenvalue weighted by atomic mass is 9.65. The van der Waals surface area contributed by atoms with Gasteiger partial charge in [-0.15, -0.1) is 0 Å². The highest BCUT2D eigenvalue weighted by atomic mass is 14.8. The van der Waals surface area contributed by atoms with Gasteiger partial charge in [0.2, 0.25) is 0 Å². The summed E-state index contributed by atoms with van der Waals surface area (Å²) in [4.78, 5) is 8.71. The van der Waals surface area contributed by atoms with Crippen LogP contribution in [0, 0.1) is 17.3 Å². The van der Waals surface area contributed by atoms with Gasteiger partial charge in [0.15, 0.2) is 0 Å². The van der Waals surface area contributed by atoms with Crippen molar-refractivity contribution < 1.29 is 0 Å². The second kappa shape index (κ2) is 5.35. The van der Waals surface area contributed by atoms with Crippen molar-refractivity contribution >= 4 is 0 Å². The van der Waals surface area contributed by atoms with Gasteiger partial charge in [-0.25, -0.2) is 0 Å². The molecule has 1 aliphatic rings. The molecule has 2 rings (SSSR count). The average molecular weight is 247 g/mol. The lowest BCUT2D eigenvalue weighted by Gasteiger charge is -2.41. The van der Waals surface area contributed by atoms with Gasteiger partial charge in [0, 0.05) is 24.5 Å². The minimum Gasteiger partial charge on any atom is -0.330 e. The highest BCUT2D eigenvalue weighted by molar-refractivity contribution is 5.08. The van der Waals surface area contributed by atoms with Gasteiger partial charge in [-0.1, -0.05) is 20.8 Å². The summed E-state index contributed by atoms with van der Waals surface area (Å²) in [5.41, 5.74) is 7.44. The predicted octanol–water partition coefficient (Wildman–Crippen LogP) is 2.98. The van der Waals surface area contributed by atoms with E-state index in [0.29, 0.717) is 17.3 Å². The first-order chi connectivity index (χ1) is 8.52. The van der Waals surface area contributed by atoms with Crippen LogP contribution in [0.1, 0.15) is 51.6 Å². The van der Waals surface area contributed by atoms with Crippen LogP contribution in [0.4, 0.5) is 0 Å². The van der Waals surface area contributed by atoms with E-state index in [1.165, 1.54) is 19.3 Å². The zero-order valence-electron chi connectivity index (χ0n) is 11.8.